The molecule has 13 heavy (non-hydrogen) atoms. The smallest absolute Gasteiger partial charge is 0.264 e. The van der Waals surface area contributed by atoms with E-state index in [-0.39, 0.29) is 12.0 Å². The summed E-state index contributed by atoms with van der Waals surface area (Å²) in [6, 6.07) is 1.94. The third-order valence-electron chi connectivity index (χ3n) is 2.21. The Morgan fingerprint density at radius 3 is 2.85 bits per heavy atom. The van der Waals surface area contributed by atoms with Crippen LogP contribution in [0.4, 0.5) is 0 Å². The van der Waals surface area contributed by atoms with Gasteiger partial charge in [-0.25, -0.2) is 0 Å². The van der Waals surface area contributed by atoms with Gasteiger partial charge in [0.05, 0.1) is 11.0 Å². The van der Waals surface area contributed by atoms with E-state index in [1.165, 1.54) is 11.3 Å². The molecule has 1 aliphatic rings. The molecule has 4 heteroatoms. The zero-order chi connectivity index (χ0) is 9.42. The van der Waals surface area contributed by atoms with Crippen molar-refractivity contribution in [3.8, 4) is 0 Å². The monoisotopic (exact) mass is 197 g/mol. The summed E-state index contributed by atoms with van der Waals surface area (Å²) in [5, 5.41) is 11.0. The molecule has 0 unspecified atom stereocenters. The van der Waals surface area contributed by atoms with Crippen molar-refractivity contribution in [2.45, 2.75) is 13.0 Å². The van der Waals surface area contributed by atoms with E-state index in [9.17, 15) is 4.79 Å². The first-order chi connectivity index (χ1) is 6.18. The number of aliphatic hydroxyl groups excluding tert-OH is 1. The Bertz CT molecular complexity index is 328. The fraction of sp³-hybridized carbons (Fsp3) is 0.444. The van der Waals surface area contributed by atoms with Gasteiger partial charge in [-0.1, -0.05) is 0 Å². The second kappa shape index (κ2) is 3.12. The predicted octanol–water partition coefficient (Wildman–Crippen LogP) is 0.873. The first kappa shape index (κ1) is 8.72. The summed E-state index contributed by atoms with van der Waals surface area (Å²) >= 11 is 1.46. The minimum atomic E-state index is -0.316. The molecule has 1 amide bonds. The Morgan fingerprint density at radius 2 is 2.38 bits per heavy atom. The highest BCUT2D eigenvalue weighted by Crippen LogP contribution is 2.20. The number of β-amino-alcohol motifs (C(OH)–C–C–N with tert-alkyl or cyclic N) is 1. The lowest BCUT2D eigenvalue weighted by molar-refractivity contribution is 0.00618. The van der Waals surface area contributed by atoms with E-state index < -0.39 is 0 Å². The Labute approximate surface area is 80.6 Å². The molecule has 0 spiro atoms. The van der Waals surface area contributed by atoms with Crippen molar-refractivity contribution in [3.63, 3.8) is 0 Å². The van der Waals surface area contributed by atoms with Crippen molar-refractivity contribution >= 4 is 17.2 Å². The molecule has 1 aromatic rings. The molecule has 1 fully saturated rings. The standard InChI is InChI=1S/C9H11NO2S/c1-6-2-3-13-8(6)9(12)10-4-7(11)5-10/h2-3,7,11H,4-5H2,1H3. The van der Waals surface area contributed by atoms with Crippen LogP contribution in [-0.4, -0.2) is 35.1 Å². The van der Waals surface area contributed by atoms with E-state index in [0.717, 1.165) is 10.4 Å². The highest BCUT2D eigenvalue weighted by molar-refractivity contribution is 7.12. The third kappa shape index (κ3) is 1.47. The zero-order valence-corrected chi connectivity index (χ0v) is 8.17. The molecular formula is C9H11NO2S. The fourth-order valence-electron chi connectivity index (χ4n) is 1.36. The van der Waals surface area contributed by atoms with Gasteiger partial charge in [-0.3, -0.25) is 4.79 Å². The van der Waals surface area contributed by atoms with Gasteiger partial charge < -0.3 is 10.0 Å². The van der Waals surface area contributed by atoms with Crippen LogP contribution >= 0.6 is 11.3 Å². The maximum atomic E-state index is 11.7. The number of aliphatic hydroxyl groups is 1. The maximum absolute atomic E-state index is 11.7. The van der Waals surface area contributed by atoms with E-state index in [4.69, 9.17) is 5.11 Å². The predicted molar refractivity (Wildman–Crippen MR) is 51.0 cm³/mol. The number of likely N-dealkylation sites (tertiary alicyclic amines) is 1. The Hall–Kier alpha value is -0.870. The molecule has 0 bridgehead atoms. The van der Waals surface area contributed by atoms with E-state index in [0.29, 0.717) is 13.1 Å². The Balaban J connectivity index is 2.10. The first-order valence-electron chi connectivity index (χ1n) is 4.20. The summed E-state index contributed by atoms with van der Waals surface area (Å²) in [6.45, 7) is 2.90. The summed E-state index contributed by atoms with van der Waals surface area (Å²) in [5.41, 5.74) is 1.02. The second-order valence-corrected chi connectivity index (χ2v) is 4.21. The number of aryl methyl sites for hydroxylation is 1. The van der Waals surface area contributed by atoms with Crippen LogP contribution < -0.4 is 0 Å². The van der Waals surface area contributed by atoms with Crippen molar-refractivity contribution < 1.29 is 9.90 Å². The van der Waals surface area contributed by atoms with Crippen LogP contribution in [0.1, 0.15) is 15.2 Å². The number of rotatable bonds is 1. The van der Waals surface area contributed by atoms with E-state index in [2.05, 4.69) is 0 Å². The van der Waals surface area contributed by atoms with Crippen LogP contribution in [0.15, 0.2) is 11.4 Å². The zero-order valence-electron chi connectivity index (χ0n) is 7.36. The summed E-state index contributed by atoms with van der Waals surface area (Å²) < 4.78 is 0. The minimum Gasteiger partial charge on any atom is -0.389 e. The minimum absolute atomic E-state index is 0.0535. The molecule has 1 aliphatic heterocycles. The van der Waals surface area contributed by atoms with E-state index >= 15 is 0 Å². The van der Waals surface area contributed by atoms with Gasteiger partial charge in [0.15, 0.2) is 0 Å². The largest absolute Gasteiger partial charge is 0.389 e. The van der Waals surface area contributed by atoms with Gasteiger partial charge in [0, 0.05) is 13.1 Å². The number of hydrogen-bond donors (Lipinski definition) is 1. The molecule has 1 aromatic heterocycles. The Morgan fingerprint density at radius 1 is 1.69 bits per heavy atom. The van der Waals surface area contributed by atoms with Gasteiger partial charge in [0.2, 0.25) is 0 Å². The van der Waals surface area contributed by atoms with Crippen molar-refractivity contribution in [1.82, 2.24) is 4.90 Å². The third-order valence-corrected chi connectivity index (χ3v) is 3.21. The van der Waals surface area contributed by atoms with Gasteiger partial charge >= 0.3 is 0 Å². The van der Waals surface area contributed by atoms with Gasteiger partial charge in [0.1, 0.15) is 0 Å². The molecule has 0 aromatic carbocycles. The summed E-state index contributed by atoms with van der Waals surface area (Å²) in [4.78, 5) is 14.1. The van der Waals surface area contributed by atoms with Crippen LogP contribution in [0, 0.1) is 6.92 Å². The summed E-state index contributed by atoms with van der Waals surface area (Å²) in [5.74, 6) is 0.0535. The maximum Gasteiger partial charge on any atom is 0.264 e. The first-order valence-corrected chi connectivity index (χ1v) is 5.08. The van der Waals surface area contributed by atoms with Gasteiger partial charge in [-0.05, 0) is 23.9 Å². The average molecular weight is 197 g/mol. The second-order valence-electron chi connectivity index (χ2n) is 3.30. The average Bonchev–Trinajstić information content (AvgIpc) is 2.44. The molecular weight excluding hydrogens is 186 g/mol. The van der Waals surface area contributed by atoms with Crippen LogP contribution in [0.25, 0.3) is 0 Å². The molecule has 1 saturated heterocycles. The van der Waals surface area contributed by atoms with E-state index in [1.807, 2.05) is 18.4 Å². The number of amides is 1. The lowest BCUT2D eigenvalue weighted by Crippen LogP contribution is -2.53. The van der Waals surface area contributed by atoms with Gasteiger partial charge in [-0.15, -0.1) is 11.3 Å². The molecule has 2 heterocycles. The molecule has 1 N–H and O–H groups in total. The van der Waals surface area contributed by atoms with Crippen LogP contribution in [0.3, 0.4) is 0 Å². The number of hydrogen-bond acceptors (Lipinski definition) is 3. The summed E-state index contributed by atoms with van der Waals surface area (Å²) in [7, 11) is 0. The topological polar surface area (TPSA) is 40.5 Å². The summed E-state index contributed by atoms with van der Waals surface area (Å²) in [6.07, 6.45) is -0.316. The Kier molecular flexibility index (Phi) is 2.09. The molecule has 0 radical (unpaired) electrons. The van der Waals surface area contributed by atoms with Crippen LogP contribution in [0.5, 0.6) is 0 Å². The highest BCUT2D eigenvalue weighted by Gasteiger charge is 2.30. The fourth-order valence-corrected chi connectivity index (χ4v) is 2.25. The molecule has 2 rings (SSSR count). The molecule has 0 aliphatic carbocycles. The van der Waals surface area contributed by atoms with Crippen molar-refractivity contribution in [1.29, 1.82) is 0 Å². The lowest BCUT2D eigenvalue weighted by atomic mass is 10.1. The number of thiophene rings is 1. The highest BCUT2D eigenvalue weighted by atomic mass is 32.1. The number of carbonyl (C=O) groups is 1. The van der Waals surface area contributed by atoms with Gasteiger partial charge in [0.25, 0.3) is 5.91 Å². The van der Waals surface area contributed by atoms with Crippen LogP contribution in [0.2, 0.25) is 0 Å². The lowest BCUT2D eigenvalue weighted by Gasteiger charge is -2.35. The molecule has 0 saturated carbocycles. The molecule has 0 atom stereocenters. The normalized spacial score (nSPS) is 17.2. The molecule has 3 nitrogen and oxygen atoms in total. The van der Waals surface area contributed by atoms with Gasteiger partial charge in [-0.2, -0.15) is 0 Å². The van der Waals surface area contributed by atoms with E-state index in [1.54, 1.807) is 4.90 Å². The van der Waals surface area contributed by atoms with Crippen LogP contribution in [-0.2, 0) is 0 Å². The van der Waals surface area contributed by atoms with Crippen molar-refractivity contribution in [2.75, 3.05) is 13.1 Å². The SMILES string of the molecule is Cc1ccsc1C(=O)N1CC(O)C1. The quantitative estimate of drug-likeness (QED) is 0.725. The van der Waals surface area contributed by atoms with Crippen molar-refractivity contribution in [2.24, 2.45) is 0 Å². The van der Waals surface area contributed by atoms with Crippen molar-refractivity contribution in [3.05, 3.63) is 21.9 Å². The number of nitrogens with zero attached hydrogens (tertiary/aromatic N) is 1. The number of carbonyl (C=O) groups excluding carboxylic acids is 1. The molecule has 70 valence electrons.